The molecular formula is C34H31N5O2S3. The third kappa shape index (κ3) is 5.07. The number of sulfonamides is 1. The van der Waals surface area contributed by atoms with Gasteiger partial charge < -0.3 is 14.8 Å². The zero-order chi connectivity index (χ0) is 30.4. The molecule has 0 saturated carbocycles. The van der Waals surface area contributed by atoms with Crippen molar-refractivity contribution in [2.75, 3.05) is 44.6 Å². The summed E-state index contributed by atoms with van der Waals surface area (Å²) in [5.41, 5.74) is 7.37. The van der Waals surface area contributed by atoms with E-state index in [2.05, 4.69) is 58.2 Å². The largest absolute Gasteiger partial charge is 0.360 e. The third-order valence-electron chi connectivity index (χ3n) is 8.37. The summed E-state index contributed by atoms with van der Waals surface area (Å²) < 4.78 is 28.4. The molecule has 1 aliphatic rings. The summed E-state index contributed by atoms with van der Waals surface area (Å²) in [5, 5.41) is 3.63. The molecule has 7 nitrogen and oxygen atoms in total. The van der Waals surface area contributed by atoms with Crippen LogP contribution in [0.25, 0.3) is 44.2 Å². The van der Waals surface area contributed by atoms with Crippen LogP contribution in [0.3, 0.4) is 0 Å². The van der Waals surface area contributed by atoms with E-state index < -0.39 is 10.0 Å². The number of rotatable bonds is 6. The molecule has 1 N–H and O–H groups in total. The number of nitrogens with one attached hydrogen (secondary N) is 1. The molecule has 0 bridgehead atoms. The lowest BCUT2D eigenvalue weighted by atomic mass is 9.92. The van der Waals surface area contributed by atoms with E-state index in [9.17, 15) is 8.42 Å². The number of fused-ring (bicyclic) bond motifs is 3. The minimum Gasteiger partial charge on any atom is -0.360 e. The van der Waals surface area contributed by atoms with Gasteiger partial charge in [-0.2, -0.15) is 0 Å². The summed E-state index contributed by atoms with van der Waals surface area (Å²) in [6.45, 7) is 3.88. The lowest BCUT2D eigenvalue weighted by Crippen LogP contribution is -2.46. The standard InChI is InChI=1S/C34H31N5O2S3/c1-37-16-18-39(19-17-37)34(42)25-12-10-23(11-13-25)28-22-35-33-32(31(28)24-7-4-3-5-8-24)27-21-26(14-15-29(27)36-33)38(2)44(40,41)30-9-6-20-43-30/h3-15,20-22H,16-19H2,1-2H3,(H,35,36). The molecule has 0 amide bonds. The Morgan fingerprint density at radius 2 is 1.68 bits per heavy atom. The van der Waals surface area contributed by atoms with Crippen molar-refractivity contribution >= 4 is 66.2 Å². The molecule has 3 aromatic heterocycles. The highest BCUT2D eigenvalue weighted by Crippen LogP contribution is 2.41. The fourth-order valence-electron chi connectivity index (χ4n) is 5.83. The predicted molar refractivity (Wildman–Crippen MR) is 185 cm³/mol. The number of nitrogens with zero attached hydrogens (tertiary/aromatic N) is 4. The van der Waals surface area contributed by atoms with E-state index in [4.69, 9.17) is 17.2 Å². The van der Waals surface area contributed by atoms with Crippen molar-refractivity contribution in [3.8, 4) is 22.3 Å². The van der Waals surface area contributed by atoms with Crippen LogP contribution in [0.5, 0.6) is 0 Å². The summed E-state index contributed by atoms with van der Waals surface area (Å²) in [5.74, 6) is 0. The number of hydrogen-bond donors (Lipinski definition) is 1. The lowest BCUT2D eigenvalue weighted by Gasteiger charge is -2.34. The predicted octanol–water partition coefficient (Wildman–Crippen LogP) is 6.86. The van der Waals surface area contributed by atoms with E-state index in [0.29, 0.717) is 9.90 Å². The Hall–Kier alpha value is -4.09. The number of H-pyrrole nitrogens is 1. The first kappa shape index (κ1) is 28.7. The number of anilines is 1. The van der Waals surface area contributed by atoms with Gasteiger partial charge in [-0.05, 0) is 47.8 Å². The van der Waals surface area contributed by atoms with Crippen molar-refractivity contribution in [2.45, 2.75) is 4.21 Å². The summed E-state index contributed by atoms with van der Waals surface area (Å²) in [6.07, 6.45) is 1.92. The van der Waals surface area contributed by atoms with Gasteiger partial charge in [0.2, 0.25) is 0 Å². The van der Waals surface area contributed by atoms with Crippen LogP contribution >= 0.6 is 23.6 Å². The molecule has 0 unspecified atom stereocenters. The van der Waals surface area contributed by atoms with E-state index in [1.54, 1.807) is 24.6 Å². The molecular weight excluding hydrogens is 607 g/mol. The molecule has 0 atom stereocenters. The number of thiocarbonyl (C=S) groups is 1. The van der Waals surface area contributed by atoms with Crippen LogP contribution in [-0.4, -0.2) is 73.4 Å². The van der Waals surface area contributed by atoms with Gasteiger partial charge in [-0.1, -0.05) is 72.9 Å². The van der Waals surface area contributed by atoms with Crippen molar-refractivity contribution < 1.29 is 8.42 Å². The second-order valence-electron chi connectivity index (χ2n) is 11.1. The average molecular weight is 638 g/mol. The molecule has 0 radical (unpaired) electrons. The lowest BCUT2D eigenvalue weighted by molar-refractivity contribution is 0.218. The number of aromatic amines is 1. The molecule has 44 heavy (non-hydrogen) atoms. The summed E-state index contributed by atoms with van der Waals surface area (Å²) in [6, 6.07) is 27.8. The molecule has 6 aromatic rings. The number of hydrogen-bond acceptors (Lipinski definition) is 6. The number of aromatic nitrogens is 2. The Kier molecular flexibility index (Phi) is 7.45. The van der Waals surface area contributed by atoms with Crippen LogP contribution in [0, 0.1) is 0 Å². The second-order valence-corrected chi connectivity index (χ2v) is 14.6. The smallest absolute Gasteiger partial charge is 0.273 e. The molecule has 3 aromatic carbocycles. The fraction of sp³-hybridized carbons (Fsp3) is 0.176. The van der Waals surface area contributed by atoms with Gasteiger partial charge in [-0.15, -0.1) is 11.3 Å². The van der Waals surface area contributed by atoms with Gasteiger partial charge in [0.15, 0.2) is 0 Å². The first-order chi connectivity index (χ1) is 21.3. The maximum Gasteiger partial charge on any atom is 0.273 e. The van der Waals surface area contributed by atoms with Crippen LogP contribution in [0.2, 0.25) is 0 Å². The summed E-state index contributed by atoms with van der Waals surface area (Å²) in [4.78, 5) is 13.8. The van der Waals surface area contributed by atoms with Crippen molar-refractivity contribution in [2.24, 2.45) is 0 Å². The Labute approximate surface area is 266 Å². The SMILES string of the molecule is CN1CCN(C(=S)c2ccc(-c3cnc4[nH]c5ccc(N(C)S(=O)(=O)c6cccs6)cc5c4c3-c3ccccc3)cc2)CC1. The molecule has 1 fully saturated rings. The molecule has 0 aliphatic carbocycles. The average Bonchev–Trinajstić information content (AvgIpc) is 3.73. The highest BCUT2D eigenvalue weighted by Gasteiger charge is 2.24. The molecule has 4 heterocycles. The van der Waals surface area contributed by atoms with Crippen LogP contribution < -0.4 is 4.31 Å². The number of thiophene rings is 1. The Bertz CT molecular complexity index is 2080. The quantitative estimate of drug-likeness (QED) is 0.201. The van der Waals surface area contributed by atoms with E-state index in [1.807, 2.05) is 42.6 Å². The van der Waals surface area contributed by atoms with Crippen LogP contribution in [0.4, 0.5) is 5.69 Å². The second kappa shape index (κ2) is 11.4. The van der Waals surface area contributed by atoms with Crippen molar-refractivity contribution in [1.82, 2.24) is 19.8 Å². The zero-order valence-corrected chi connectivity index (χ0v) is 26.8. The maximum absolute atomic E-state index is 13.4. The molecule has 1 saturated heterocycles. The Morgan fingerprint density at radius 1 is 0.932 bits per heavy atom. The topological polar surface area (TPSA) is 72.5 Å². The van der Waals surface area contributed by atoms with E-state index in [0.717, 1.165) is 80.9 Å². The van der Waals surface area contributed by atoms with Crippen molar-refractivity contribution in [3.05, 3.63) is 102 Å². The fourth-order valence-corrected chi connectivity index (χ4v) is 8.50. The normalized spacial score (nSPS) is 14.4. The van der Waals surface area contributed by atoms with E-state index in [-0.39, 0.29) is 0 Å². The third-order valence-corrected chi connectivity index (χ3v) is 12.0. The molecule has 1 aliphatic heterocycles. The minimum atomic E-state index is -3.68. The molecule has 7 rings (SSSR count). The molecule has 0 spiro atoms. The van der Waals surface area contributed by atoms with Crippen LogP contribution in [-0.2, 0) is 10.0 Å². The first-order valence-corrected chi connectivity index (χ1v) is 17.1. The zero-order valence-electron chi connectivity index (χ0n) is 24.4. The van der Waals surface area contributed by atoms with Crippen LogP contribution in [0.1, 0.15) is 5.56 Å². The van der Waals surface area contributed by atoms with Gasteiger partial charge in [0.05, 0.1) is 5.69 Å². The maximum atomic E-state index is 13.4. The van der Waals surface area contributed by atoms with Gasteiger partial charge in [0, 0.05) is 72.4 Å². The number of piperazine rings is 1. The summed E-state index contributed by atoms with van der Waals surface area (Å²) in [7, 11) is 0.0616. The Balaban J connectivity index is 1.35. The highest BCUT2D eigenvalue weighted by molar-refractivity contribution is 7.94. The number of likely N-dealkylation sites (N-methyl/N-ethyl adjacent to an activating group) is 1. The van der Waals surface area contributed by atoms with E-state index in [1.165, 1.54) is 15.6 Å². The van der Waals surface area contributed by atoms with Gasteiger partial charge in [-0.3, -0.25) is 4.31 Å². The first-order valence-electron chi connectivity index (χ1n) is 14.4. The van der Waals surface area contributed by atoms with Gasteiger partial charge >= 0.3 is 0 Å². The van der Waals surface area contributed by atoms with Gasteiger partial charge in [0.25, 0.3) is 10.0 Å². The number of pyridine rings is 1. The van der Waals surface area contributed by atoms with Crippen molar-refractivity contribution in [3.63, 3.8) is 0 Å². The monoisotopic (exact) mass is 637 g/mol. The van der Waals surface area contributed by atoms with Crippen molar-refractivity contribution in [1.29, 1.82) is 0 Å². The summed E-state index contributed by atoms with van der Waals surface area (Å²) >= 11 is 7.09. The Morgan fingerprint density at radius 3 is 2.39 bits per heavy atom. The minimum absolute atomic E-state index is 0.309. The van der Waals surface area contributed by atoms with E-state index >= 15 is 0 Å². The molecule has 10 heteroatoms. The number of benzene rings is 3. The van der Waals surface area contributed by atoms with Gasteiger partial charge in [-0.25, -0.2) is 13.4 Å². The van der Waals surface area contributed by atoms with Gasteiger partial charge in [0.1, 0.15) is 14.8 Å². The molecule has 222 valence electrons. The van der Waals surface area contributed by atoms with Crippen LogP contribution in [0.15, 0.2) is 101 Å². The highest BCUT2D eigenvalue weighted by atomic mass is 32.2.